The van der Waals surface area contributed by atoms with Gasteiger partial charge < -0.3 is 10.1 Å². The molecule has 4 N–H and O–H groups in total. The first-order chi connectivity index (χ1) is 8.69. The monoisotopic (exact) mass is 272 g/mol. The van der Waals surface area contributed by atoms with Crippen molar-refractivity contribution in [3.8, 4) is 6.01 Å². The van der Waals surface area contributed by atoms with Gasteiger partial charge in [-0.2, -0.15) is 26.7 Å². The number of hydrogen-bond acceptors (Lipinski definition) is 8. The van der Waals surface area contributed by atoms with Crippen LogP contribution in [0.15, 0.2) is 0 Å². The lowest BCUT2D eigenvalue weighted by Crippen LogP contribution is -2.20. The minimum Gasteiger partial charge on any atom is -0.464 e. The van der Waals surface area contributed by atoms with Gasteiger partial charge in [0.25, 0.3) is 0 Å². The Balaban J connectivity index is 2.71. The average Bonchev–Trinajstić information content (AvgIpc) is 2.36. The second-order valence-corrected chi connectivity index (χ2v) is 4.66. The topological polar surface area (TPSA) is 98.0 Å². The van der Waals surface area contributed by atoms with Crippen molar-refractivity contribution in [2.45, 2.75) is 26.3 Å². The van der Waals surface area contributed by atoms with Crippen LogP contribution in [0, 0.1) is 0 Å². The minimum absolute atomic E-state index is 0.264. The molecule has 1 aromatic heterocycles. The molecule has 8 heteroatoms. The predicted molar refractivity (Wildman–Crippen MR) is 74.9 cm³/mol. The normalized spacial score (nSPS) is 12.0. The number of nitrogens with zero attached hydrogens (tertiary/aromatic N) is 3. The van der Waals surface area contributed by atoms with Gasteiger partial charge in [-0.05, 0) is 32.3 Å². The van der Waals surface area contributed by atoms with Crippen molar-refractivity contribution in [1.82, 2.24) is 15.0 Å². The highest BCUT2D eigenvalue weighted by molar-refractivity contribution is 7.98. The third-order valence-corrected chi connectivity index (χ3v) is 2.79. The number of nitrogen functional groups attached to an aromatic ring is 1. The van der Waals surface area contributed by atoms with Gasteiger partial charge in [0.2, 0.25) is 11.9 Å². The standard InChI is InChI=1S/C10H20N6OS/c1-4-17-10-14-8(13-9(15-10)16-11)12-7(2)5-6-18-3/h7H,4-6,11H2,1-3H3,(H2,12,13,14,15,16). The first kappa shape index (κ1) is 14.8. The SMILES string of the molecule is CCOc1nc(NN)nc(NC(C)CCSC)n1. The number of nitrogens with one attached hydrogen (secondary N) is 2. The lowest BCUT2D eigenvalue weighted by Gasteiger charge is -2.14. The lowest BCUT2D eigenvalue weighted by molar-refractivity contribution is 0.312. The number of aromatic nitrogens is 3. The summed E-state index contributed by atoms with van der Waals surface area (Å²) in [6.07, 6.45) is 3.11. The van der Waals surface area contributed by atoms with Crippen molar-refractivity contribution >= 4 is 23.7 Å². The van der Waals surface area contributed by atoms with Gasteiger partial charge in [-0.3, -0.25) is 5.43 Å². The Morgan fingerprint density at radius 2 is 2.06 bits per heavy atom. The summed E-state index contributed by atoms with van der Waals surface area (Å²) in [6, 6.07) is 0.542. The molecule has 0 spiro atoms. The summed E-state index contributed by atoms with van der Waals surface area (Å²) < 4.78 is 5.25. The van der Waals surface area contributed by atoms with E-state index < -0.39 is 0 Å². The quantitative estimate of drug-likeness (QED) is 0.478. The van der Waals surface area contributed by atoms with E-state index in [-0.39, 0.29) is 18.0 Å². The summed E-state index contributed by atoms with van der Waals surface area (Å²) in [5.74, 6) is 7.14. The van der Waals surface area contributed by atoms with Crippen molar-refractivity contribution in [2.24, 2.45) is 5.84 Å². The number of anilines is 2. The van der Waals surface area contributed by atoms with Crippen LogP contribution in [0.1, 0.15) is 20.3 Å². The number of hydrogen-bond donors (Lipinski definition) is 3. The van der Waals surface area contributed by atoms with Crippen LogP contribution in [-0.2, 0) is 0 Å². The second-order valence-electron chi connectivity index (χ2n) is 3.67. The molecule has 0 saturated heterocycles. The Labute approximate surface area is 111 Å². The van der Waals surface area contributed by atoms with E-state index in [1.807, 2.05) is 18.7 Å². The Morgan fingerprint density at radius 3 is 2.67 bits per heavy atom. The summed E-state index contributed by atoms with van der Waals surface area (Å²) in [4.78, 5) is 12.3. The third-order valence-electron chi connectivity index (χ3n) is 2.15. The van der Waals surface area contributed by atoms with Crippen LogP contribution in [0.4, 0.5) is 11.9 Å². The van der Waals surface area contributed by atoms with Crippen molar-refractivity contribution in [3.05, 3.63) is 0 Å². The van der Waals surface area contributed by atoms with Gasteiger partial charge in [0.1, 0.15) is 0 Å². The maximum Gasteiger partial charge on any atom is 0.323 e. The van der Waals surface area contributed by atoms with Gasteiger partial charge in [-0.1, -0.05) is 0 Å². The highest BCUT2D eigenvalue weighted by atomic mass is 32.2. The molecule has 18 heavy (non-hydrogen) atoms. The summed E-state index contributed by atoms with van der Waals surface area (Å²) in [6.45, 7) is 4.44. The maximum atomic E-state index is 5.31. The smallest absolute Gasteiger partial charge is 0.323 e. The lowest BCUT2D eigenvalue weighted by atomic mass is 10.3. The van der Waals surface area contributed by atoms with E-state index >= 15 is 0 Å². The van der Waals surface area contributed by atoms with E-state index in [9.17, 15) is 0 Å². The number of ether oxygens (including phenoxy) is 1. The molecule has 102 valence electrons. The van der Waals surface area contributed by atoms with Gasteiger partial charge in [0, 0.05) is 6.04 Å². The number of hydrazine groups is 1. The highest BCUT2D eigenvalue weighted by Gasteiger charge is 2.09. The predicted octanol–water partition coefficient (Wildman–Crippen LogP) is 1.11. The molecule has 0 fully saturated rings. The Hall–Kier alpha value is -1.28. The molecule has 0 saturated carbocycles. The fraction of sp³-hybridized carbons (Fsp3) is 0.700. The van der Waals surface area contributed by atoms with E-state index in [0.717, 1.165) is 12.2 Å². The van der Waals surface area contributed by atoms with Gasteiger partial charge >= 0.3 is 6.01 Å². The molecule has 1 unspecified atom stereocenters. The fourth-order valence-corrected chi connectivity index (χ4v) is 1.86. The maximum absolute atomic E-state index is 5.31. The van der Waals surface area contributed by atoms with Gasteiger partial charge in [-0.15, -0.1) is 0 Å². The van der Waals surface area contributed by atoms with Crippen LogP contribution in [-0.4, -0.2) is 39.6 Å². The zero-order chi connectivity index (χ0) is 13.4. The summed E-state index contributed by atoms with van der Waals surface area (Å²) >= 11 is 1.81. The van der Waals surface area contributed by atoms with E-state index in [1.54, 1.807) is 0 Å². The molecule has 0 amide bonds. The van der Waals surface area contributed by atoms with Crippen LogP contribution in [0.2, 0.25) is 0 Å². The Kier molecular flexibility index (Phi) is 6.51. The molecule has 0 radical (unpaired) electrons. The molecule has 0 bridgehead atoms. The van der Waals surface area contributed by atoms with Crippen molar-refractivity contribution in [1.29, 1.82) is 0 Å². The fourth-order valence-electron chi connectivity index (χ4n) is 1.27. The molecule has 7 nitrogen and oxygen atoms in total. The molecule has 1 heterocycles. The van der Waals surface area contributed by atoms with E-state index in [1.165, 1.54) is 0 Å². The van der Waals surface area contributed by atoms with Crippen LogP contribution in [0.25, 0.3) is 0 Å². The van der Waals surface area contributed by atoms with E-state index in [0.29, 0.717) is 12.6 Å². The van der Waals surface area contributed by atoms with Crippen LogP contribution in [0.5, 0.6) is 6.01 Å². The molecule has 0 aromatic carbocycles. The summed E-state index contributed by atoms with van der Waals surface area (Å²) in [5, 5.41) is 3.20. The Bertz CT molecular complexity index is 364. The molecule has 0 aliphatic rings. The Morgan fingerprint density at radius 1 is 1.33 bits per heavy atom. The number of thioether (sulfide) groups is 1. The molecular formula is C10H20N6OS. The third kappa shape index (κ3) is 4.92. The second kappa shape index (κ2) is 7.93. The molecule has 1 atom stereocenters. The molecule has 0 aliphatic heterocycles. The highest BCUT2D eigenvalue weighted by Crippen LogP contribution is 2.12. The zero-order valence-electron chi connectivity index (χ0n) is 10.9. The van der Waals surface area contributed by atoms with Gasteiger partial charge in [0.05, 0.1) is 6.61 Å². The van der Waals surface area contributed by atoms with Gasteiger partial charge in [0.15, 0.2) is 0 Å². The zero-order valence-corrected chi connectivity index (χ0v) is 11.8. The van der Waals surface area contributed by atoms with E-state index in [4.69, 9.17) is 10.6 Å². The molecule has 1 aromatic rings. The first-order valence-electron chi connectivity index (χ1n) is 5.80. The van der Waals surface area contributed by atoms with E-state index in [2.05, 4.69) is 38.9 Å². The molecular weight excluding hydrogens is 252 g/mol. The summed E-state index contributed by atoms with van der Waals surface area (Å²) in [5.41, 5.74) is 2.40. The minimum atomic E-state index is 0.264. The largest absolute Gasteiger partial charge is 0.464 e. The van der Waals surface area contributed by atoms with Crippen molar-refractivity contribution < 1.29 is 4.74 Å². The van der Waals surface area contributed by atoms with Gasteiger partial charge in [-0.25, -0.2) is 5.84 Å². The number of rotatable bonds is 8. The van der Waals surface area contributed by atoms with Crippen LogP contribution >= 0.6 is 11.8 Å². The van der Waals surface area contributed by atoms with Crippen LogP contribution < -0.4 is 21.3 Å². The summed E-state index contributed by atoms with van der Waals surface area (Å²) in [7, 11) is 0. The van der Waals surface area contributed by atoms with Crippen LogP contribution in [0.3, 0.4) is 0 Å². The number of nitrogens with two attached hydrogens (primary N) is 1. The van der Waals surface area contributed by atoms with Crippen molar-refractivity contribution in [2.75, 3.05) is 29.4 Å². The average molecular weight is 272 g/mol. The molecule has 0 aliphatic carbocycles. The van der Waals surface area contributed by atoms with Crippen molar-refractivity contribution in [3.63, 3.8) is 0 Å². The molecule has 1 rings (SSSR count). The first-order valence-corrected chi connectivity index (χ1v) is 7.20.